The van der Waals surface area contributed by atoms with Crippen LogP contribution in [0.1, 0.15) is 22.8 Å². The fraction of sp³-hybridized carbons (Fsp3) is 0.217. The van der Waals surface area contributed by atoms with E-state index < -0.39 is 11.9 Å². The van der Waals surface area contributed by atoms with Crippen molar-refractivity contribution in [1.82, 2.24) is 5.32 Å². The van der Waals surface area contributed by atoms with Gasteiger partial charge in [0.25, 0.3) is 0 Å². The summed E-state index contributed by atoms with van der Waals surface area (Å²) in [4.78, 5) is 0. The summed E-state index contributed by atoms with van der Waals surface area (Å²) in [5.74, 6) is 0.634. The molecule has 30 heavy (non-hydrogen) atoms. The zero-order valence-corrected chi connectivity index (χ0v) is 18.0. The lowest BCUT2D eigenvalue weighted by atomic mass is 10.1. The number of methoxy groups -OCH3 is 1. The van der Waals surface area contributed by atoms with Crippen molar-refractivity contribution < 1.29 is 19.0 Å². The van der Waals surface area contributed by atoms with Crippen LogP contribution < -0.4 is 14.8 Å². The third-order valence-electron chi connectivity index (χ3n) is 4.51. The Bertz CT molecular complexity index is 921. The van der Waals surface area contributed by atoms with Crippen LogP contribution in [-0.2, 0) is 13.2 Å². The number of rotatable bonds is 9. The number of halogens is 3. The van der Waals surface area contributed by atoms with Crippen molar-refractivity contribution in [2.75, 3.05) is 13.7 Å². The summed E-state index contributed by atoms with van der Waals surface area (Å²) in [6.45, 7) is 0.985. The maximum atomic E-state index is 13.9. The highest BCUT2D eigenvalue weighted by atomic mass is 35.5. The maximum Gasteiger partial charge on any atom is 0.161 e. The van der Waals surface area contributed by atoms with Gasteiger partial charge in [0.05, 0.1) is 18.2 Å². The van der Waals surface area contributed by atoms with E-state index in [4.69, 9.17) is 21.1 Å². The van der Waals surface area contributed by atoms with Gasteiger partial charge < -0.3 is 19.9 Å². The van der Waals surface area contributed by atoms with E-state index >= 15 is 0 Å². The lowest BCUT2D eigenvalue weighted by Crippen LogP contribution is -2.21. The third kappa shape index (κ3) is 6.34. The summed E-state index contributed by atoms with van der Waals surface area (Å²) in [5, 5.41) is 13.8. The molecule has 0 heterocycles. The number of aliphatic hydroxyl groups excluding tert-OH is 1. The van der Waals surface area contributed by atoms with E-state index in [9.17, 15) is 9.50 Å². The van der Waals surface area contributed by atoms with E-state index in [1.807, 2.05) is 42.5 Å². The minimum Gasteiger partial charge on any atom is -0.493 e. The highest BCUT2D eigenvalue weighted by molar-refractivity contribution is 6.31. The largest absolute Gasteiger partial charge is 0.493 e. The lowest BCUT2D eigenvalue weighted by Gasteiger charge is -2.15. The molecule has 3 rings (SSSR count). The van der Waals surface area contributed by atoms with Crippen LogP contribution in [0.3, 0.4) is 0 Å². The topological polar surface area (TPSA) is 50.7 Å². The molecule has 0 radical (unpaired) electrons. The van der Waals surface area contributed by atoms with Gasteiger partial charge in [-0.2, -0.15) is 0 Å². The Morgan fingerprint density at radius 2 is 1.80 bits per heavy atom. The zero-order chi connectivity index (χ0) is 20.6. The van der Waals surface area contributed by atoms with E-state index in [2.05, 4.69) is 5.32 Å². The molecule has 3 aromatic carbocycles. The smallest absolute Gasteiger partial charge is 0.161 e. The Hall–Kier alpha value is -2.31. The second kappa shape index (κ2) is 11.8. The molecule has 2 N–H and O–H groups in total. The molecule has 1 unspecified atom stereocenters. The van der Waals surface area contributed by atoms with Gasteiger partial charge in [-0.3, -0.25) is 0 Å². The van der Waals surface area contributed by atoms with Gasteiger partial charge in [-0.05, 0) is 35.4 Å². The molecule has 0 amide bonds. The zero-order valence-electron chi connectivity index (χ0n) is 16.5. The second-order valence-corrected chi connectivity index (χ2v) is 6.94. The van der Waals surface area contributed by atoms with E-state index in [0.29, 0.717) is 35.2 Å². The van der Waals surface area contributed by atoms with Crippen molar-refractivity contribution in [2.45, 2.75) is 19.3 Å². The number of ether oxygens (including phenoxy) is 2. The standard InChI is InChI=1S/C23H23ClFNO3.ClH/c1-28-23-12-16(13-26-14-21(27)17-6-3-2-4-7-17)10-11-22(23)29-15-18-19(24)8-5-9-20(18)25;/h2-12,21,26-27H,13-15H2,1H3;1H. The second-order valence-electron chi connectivity index (χ2n) is 6.53. The van der Waals surface area contributed by atoms with Crippen LogP contribution in [0.2, 0.25) is 5.02 Å². The van der Waals surface area contributed by atoms with E-state index in [1.165, 1.54) is 6.07 Å². The molecule has 160 valence electrons. The van der Waals surface area contributed by atoms with Crippen molar-refractivity contribution in [3.8, 4) is 11.5 Å². The molecule has 0 aliphatic rings. The summed E-state index contributed by atoms with van der Waals surface area (Å²) < 4.78 is 25.0. The molecular formula is C23H24Cl2FNO3. The van der Waals surface area contributed by atoms with Crippen LogP contribution >= 0.6 is 24.0 Å². The highest BCUT2D eigenvalue weighted by Gasteiger charge is 2.11. The van der Waals surface area contributed by atoms with Crippen LogP contribution in [0.5, 0.6) is 11.5 Å². The van der Waals surface area contributed by atoms with Crippen LogP contribution in [0, 0.1) is 5.82 Å². The first-order chi connectivity index (χ1) is 14.1. The van der Waals surface area contributed by atoms with Gasteiger partial charge >= 0.3 is 0 Å². The quantitative estimate of drug-likeness (QED) is 0.462. The first-order valence-electron chi connectivity index (χ1n) is 9.25. The highest BCUT2D eigenvalue weighted by Crippen LogP contribution is 2.30. The Kier molecular flexibility index (Phi) is 9.40. The van der Waals surface area contributed by atoms with Crippen LogP contribution in [0.4, 0.5) is 4.39 Å². The molecule has 0 bridgehead atoms. The van der Waals surface area contributed by atoms with Gasteiger partial charge in [0.15, 0.2) is 11.5 Å². The number of aliphatic hydroxyl groups is 1. The van der Waals surface area contributed by atoms with Gasteiger partial charge in [0, 0.05) is 18.7 Å². The summed E-state index contributed by atoms with van der Waals surface area (Å²) in [6, 6.07) is 19.5. The molecule has 0 aromatic heterocycles. The maximum absolute atomic E-state index is 13.9. The summed E-state index contributed by atoms with van der Waals surface area (Å²) in [6.07, 6.45) is -0.578. The molecular weight excluding hydrogens is 428 g/mol. The van der Waals surface area contributed by atoms with Gasteiger partial charge in [0.1, 0.15) is 12.4 Å². The SMILES string of the molecule is COc1cc(CNCC(O)c2ccccc2)ccc1OCc1c(F)cccc1Cl.Cl. The molecule has 4 nitrogen and oxygen atoms in total. The number of benzene rings is 3. The van der Waals surface area contributed by atoms with Crippen molar-refractivity contribution in [2.24, 2.45) is 0 Å². The van der Waals surface area contributed by atoms with Crippen LogP contribution in [-0.4, -0.2) is 18.8 Å². The first kappa shape index (κ1) is 24.0. The van der Waals surface area contributed by atoms with Gasteiger partial charge in [-0.1, -0.05) is 54.1 Å². The molecule has 1 atom stereocenters. The van der Waals surface area contributed by atoms with Gasteiger partial charge in [-0.25, -0.2) is 4.39 Å². The first-order valence-corrected chi connectivity index (χ1v) is 9.62. The Balaban J connectivity index is 0.00000320. The molecule has 0 spiro atoms. The molecule has 0 aliphatic heterocycles. The molecule has 0 aliphatic carbocycles. The third-order valence-corrected chi connectivity index (χ3v) is 4.87. The Morgan fingerprint density at radius 1 is 1.03 bits per heavy atom. The molecule has 3 aromatic rings. The summed E-state index contributed by atoms with van der Waals surface area (Å²) >= 11 is 6.04. The van der Waals surface area contributed by atoms with Crippen molar-refractivity contribution in [3.05, 3.63) is 94.3 Å². The predicted molar refractivity (Wildman–Crippen MR) is 119 cm³/mol. The van der Waals surface area contributed by atoms with Crippen molar-refractivity contribution in [3.63, 3.8) is 0 Å². The Labute approximate surface area is 187 Å². The van der Waals surface area contributed by atoms with Gasteiger partial charge in [-0.15, -0.1) is 12.4 Å². The Morgan fingerprint density at radius 3 is 2.50 bits per heavy atom. The number of nitrogens with one attached hydrogen (secondary N) is 1. The summed E-state index contributed by atoms with van der Waals surface area (Å²) in [5.41, 5.74) is 2.14. The average molecular weight is 452 g/mol. The fourth-order valence-electron chi connectivity index (χ4n) is 2.91. The molecule has 0 fully saturated rings. The predicted octanol–water partition coefficient (Wildman–Crippen LogP) is 5.31. The van der Waals surface area contributed by atoms with Crippen molar-refractivity contribution >= 4 is 24.0 Å². The lowest BCUT2D eigenvalue weighted by molar-refractivity contribution is 0.174. The fourth-order valence-corrected chi connectivity index (χ4v) is 3.13. The van der Waals surface area contributed by atoms with Gasteiger partial charge in [0.2, 0.25) is 0 Å². The van der Waals surface area contributed by atoms with Crippen LogP contribution in [0.15, 0.2) is 66.7 Å². The number of hydrogen-bond acceptors (Lipinski definition) is 4. The normalized spacial score (nSPS) is 11.5. The summed E-state index contributed by atoms with van der Waals surface area (Å²) in [7, 11) is 1.55. The molecule has 0 saturated heterocycles. The van der Waals surface area contributed by atoms with E-state index in [-0.39, 0.29) is 19.0 Å². The van der Waals surface area contributed by atoms with E-state index in [1.54, 1.807) is 25.3 Å². The minimum atomic E-state index is -0.578. The van der Waals surface area contributed by atoms with E-state index in [0.717, 1.165) is 11.1 Å². The van der Waals surface area contributed by atoms with Crippen molar-refractivity contribution in [1.29, 1.82) is 0 Å². The monoisotopic (exact) mass is 451 g/mol. The molecule has 0 saturated carbocycles. The van der Waals surface area contributed by atoms with Crippen LogP contribution in [0.25, 0.3) is 0 Å². The number of hydrogen-bond donors (Lipinski definition) is 2. The average Bonchev–Trinajstić information content (AvgIpc) is 2.74. The minimum absolute atomic E-state index is 0. The molecule has 7 heteroatoms.